The summed E-state index contributed by atoms with van der Waals surface area (Å²) in [5, 5.41) is 38.4. The Balaban J connectivity index is 2.55. The van der Waals surface area contributed by atoms with Crippen LogP contribution in [0, 0.1) is 0 Å². The van der Waals surface area contributed by atoms with Crippen molar-refractivity contribution < 1.29 is 38.3 Å². The van der Waals surface area contributed by atoms with Crippen molar-refractivity contribution in [2.75, 3.05) is 19.5 Å². The smallest absolute Gasteiger partial charge is 0.187 e. The van der Waals surface area contributed by atoms with E-state index in [1.165, 1.54) is 6.08 Å². The van der Waals surface area contributed by atoms with Gasteiger partial charge in [0.05, 0.1) is 13.2 Å². The van der Waals surface area contributed by atoms with Crippen LogP contribution in [-0.4, -0.2) is 79.0 Å². The Kier molecular flexibility index (Phi) is 5.86. The zero-order valence-corrected chi connectivity index (χ0v) is 11.1. The Morgan fingerprint density at radius 1 is 1.21 bits per heavy atom. The largest absolute Gasteiger partial charge is 0.394 e. The minimum atomic E-state index is -3.27. The molecule has 8 nitrogen and oxygen atoms in total. The highest BCUT2D eigenvalue weighted by Gasteiger charge is 2.43. The van der Waals surface area contributed by atoms with E-state index in [-0.39, 0.29) is 6.61 Å². The van der Waals surface area contributed by atoms with E-state index in [4.69, 9.17) is 14.6 Å². The molecule has 112 valence electrons. The van der Waals surface area contributed by atoms with Gasteiger partial charge < -0.3 is 29.9 Å². The molecule has 0 spiro atoms. The molecule has 1 aliphatic rings. The van der Waals surface area contributed by atoms with E-state index in [1.54, 1.807) is 0 Å². The van der Waals surface area contributed by atoms with Crippen LogP contribution in [0.5, 0.6) is 0 Å². The molecule has 5 atom stereocenters. The summed E-state index contributed by atoms with van der Waals surface area (Å²) in [6, 6.07) is 0. The predicted molar refractivity (Wildman–Crippen MR) is 63.7 cm³/mol. The number of hydrogen-bond acceptors (Lipinski definition) is 8. The summed E-state index contributed by atoms with van der Waals surface area (Å²) in [5.74, 6) is 0. The van der Waals surface area contributed by atoms with Gasteiger partial charge in [-0.25, -0.2) is 8.42 Å². The van der Waals surface area contributed by atoms with E-state index in [9.17, 15) is 23.7 Å². The van der Waals surface area contributed by atoms with Gasteiger partial charge in [0.25, 0.3) is 0 Å². The maximum atomic E-state index is 10.8. The average Bonchev–Trinajstić information content (AvgIpc) is 2.33. The molecule has 4 N–H and O–H groups in total. The van der Waals surface area contributed by atoms with Crippen LogP contribution in [0.1, 0.15) is 0 Å². The van der Waals surface area contributed by atoms with Crippen molar-refractivity contribution in [1.82, 2.24) is 0 Å². The molecular formula is C10H18O8S. The molecule has 0 aromatic carbocycles. The fourth-order valence-electron chi connectivity index (χ4n) is 1.57. The first-order valence-corrected chi connectivity index (χ1v) is 7.50. The molecular weight excluding hydrogens is 280 g/mol. The summed E-state index contributed by atoms with van der Waals surface area (Å²) in [6.45, 7) is -0.722. The summed E-state index contributed by atoms with van der Waals surface area (Å²) in [4.78, 5) is 0. The summed E-state index contributed by atoms with van der Waals surface area (Å²) < 4.78 is 31.7. The summed E-state index contributed by atoms with van der Waals surface area (Å²) in [7, 11) is -3.27. The van der Waals surface area contributed by atoms with Crippen LogP contribution in [0.25, 0.3) is 0 Å². The molecule has 1 aliphatic heterocycles. The van der Waals surface area contributed by atoms with Crippen LogP contribution in [0.2, 0.25) is 0 Å². The normalized spacial score (nSPS) is 36.8. The first-order chi connectivity index (χ1) is 8.76. The van der Waals surface area contributed by atoms with E-state index in [0.29, 0.717) is 0 Å². The van der Waals surface area contributed by atoms with Gasteiger partial charge in [0.15, 0.2) is 16.1 Å². The van der Waals surface area contributed by atoms with Crippen LogP contribution < -0.4 is 0 Å². The summed E-state index contributed by atoms with van der Waals surface area (Å²) >= 11 is 0. The van der Waals surface area contributed by atoms with Crippen LogP contribution in [0.15, 0.2) is 11.5 Å². The highest BCUT2D eigenvalue weighted by Crippen LogP contribution is 2.21. The van der Waals surface area contributed by atoms with Crippen molar-refractivity contribution in [3.05, 3.63) is 11.5 Å². The highest BCUT2D eigenvalue weighted by atomic mass is 32.2. The van der Waals surface area contributed by atoms with Crippen LogP contribution >= 0.6 is 0 Å². The number of aliphatic hydroxyl groups excluding tert-OH is 4. The topological polar surface area (TPSA) is 134 Å². The van der Waals surface area contributed by atoms with E-state index in [2.05, 4.69) is 0 Å². The van der Waals surface area contributed by atoms with Crippen molar-refractivity contribution in [3.8, 4) is 0 Å². The Morgan fingerprint density at radius 2 is 1.84 bits per heavy atom. The van der Waals surface area contributed by atoms with Crippen LogP contribution in [0.3, 0.4) is 0 Å². The molecule has 0 saturated carbocycles. The van der Waals surface area contributed by atoms with E-state index in [1.807, 2.05) is 0 Å². The molecule has 0 unspecified atom stereocenters. The lowest BCUT2D eigenvalue weighted by molar-refractivity contribution is -0.298. The maximum Gasteiger partial charge on any atom is 0.187 e. The maximum absolute atomic E-state index is 10.8. The Morgan fingerprint density at radius 3 is 2.37 bits per heavy atom. The fraction of sp³-hybridized carbons (Fsp3) is 0.800. The lowest BCUT2D eigenvalue weighted by atomic mass is 9.99. The number of rotatable bonds is 5. The molecule has 1 saturated heterocycles. The zero-order chi connectivity index (χ0) is 14.6. The lowest BCUT2D eigenvalue weighted by Gasteiger charge is -2.39. The lowest BCUT2D eigenvalue weighted by Crippen LogP contribution is -2.59. The molecule has 19 heavy (non-hydrogen) atoms. The molecule has 9 heteroatoms. The van der Waals surface area contributed by atoms with Gasteiger partial charge in [-0.15, -0.1) is 0 Å². The Bertz CT molecular complexity index is 404. The SMILES string of the molecule is CS(=O)(=O)/C=C/CO[C@@H]1O[C@H](CO)[C@@H](O)[C@H](O)[C@H]1O. The van der Waals surface area contributed by atoms with Gasteiger partial charge in [0, 0.05) is 11.7 Å². The molecule has 0 aromatic heterocycles. The van der Waals surface area contributed by atoms with Crippen molar-refractivity contribution in [2.24, 2.45) is 0 Å². The minimum Gasteiger partial charge on any atom is -0.394 e. The summed E-state index contributed by atoms with van der Waals surface area (Å²) in [5.41, 5.74) is 0. The summed E-state index contributed by atoms with van der Waals surface area (Å²) in [6.07, 6.45) is -4.57. The second-order valence-electron chi connectivity index (χ2n) is 4.23. The monoisotopic (exact) mass is 298 g/mol. The van der Waals surface area contributed by atoms with E-state index in [0.717, 1.165) is 11.7 Å². The molecule has 0 bridgehead atoms. The van der Waals surface area contributed by atoms with Gasteiger partial charge in [0.1, 0.15) is 24.4 Å². The number of hydrogen-bond donors (Lipinski definition) is 4. The van der Waals surface area contributed by atoms with Gasteiger partial charge in [-0.05, 0) is 6.08 Å². The molecule has 0 amide bonds. The first-order valence-electron chi connectivity index (χ1n) is 5.55. The highest BCUT2D eigenvalue weighted by molar-refractivity contribution is 7.93. The molecule has 1 heterocycles. The molecule has 0 radical (unpaired) electrons. The second-order valence-corrected chi connectivity index (χ2v) is 6.16. The van der Waals surface area contributed by atoms with Crippen molar-refractivity contribution in [3.63, 3.8) is 0 Å². The average molecular weight is 298 g/mol. The van der Waals surface area contributed by atoms with E-state index < -0.39 is 47.2 Å². The van der Waals surface area contributed by atoms with Gasteiger partial charge >= 0.3 is 0 Å². The Hall–Kier alpha value is -0.550. The molecule has 1 fully saturated rings. The van der Waals surface area contributed by atoms with Gasteiger partial charge in [-0.1, -0.05) is 0 Å². The standard InChI is InChI=1S/C10H18O8S/c1-19(15,16)4-2-3-17-10-9(14)8(13)7(12)6(5-11)18-10/h2,4,6-14H,3,5H2,1H3/b4-2+/t6-,7-,8+,9-,10-/m1/s1. The number of aliphatic hydroxyl groups is 4. The van der Waals surface area contributed by atoms with Crippen LogP contribution in [-0.2, 0) is 19.3 Å². The van der Waals surface area contributed by atoms with E-state index >= 15 is 0 Å². The van der Waals surface area contributed by atoms with Crippen molar-refractivity contribution in [1.29, 1.82) is 0 Å². The molecule has 0 aliphatic carbocycles. The third kappa shape index (κ3) is 4.80. The number of ether oxygens (including phenoxy) is 2. The molecule has 0 aromatic rings. The molecule has 1 rings (SSSR count). The zero-order valence-electron chi connectivity index (χ0n) is 10.3. The number of sulfone groups is 1. The minimum absolute atomic E-state index is 0.171. The van der Waals surface area contributed by atoms with Gasteiger partial charge in [-0.3, -0.25) is 0 Å². The third-order valence-corrected chi connectivity index (χ3v) is 3.24. The Labute approximate surface area is 110 Å². The fourth-order valence-corrected chi connectivity index (χ4v) is 2.00. The van der Waals surface area contributed by atoms with Gasteiger partial charge in [0.2, 0.25) is 0 Å². The van der Waals surface area contributed by atoms with Crippen molar-refractivity contribution >= 4 is 9.84 Å². The van der Waals surface area contributed by atoms with Crippen LogP contribution in [0.4, 0.5) is 0 Å². The third-order valence-electron chi connectivity index (χ3n) is 2.55. The first kappa shape index (κ1) is 16.5. The van der Waals surface area contributed by atoms with Gasteiger partial charge in [-0.2, -0.15) is 0 Å². The van der Waals surface area contributed by atoms with Crippen molar-refractivity contribution in [2.45, 2.75) is 30.7 Å². The predicted octanol–water partition coefficient (Wildman–Crippen LogP) is -2.64. The second kappa shape index (κ2) is 6.75. The quantitative estimate of drug-likeness (QED) is 0.433.